The summed E-state index contributed by atoms with van der Waals surface area (Å²) in [6.45, 7) is 0. The minimum atomic E-state index is -0.596. The molecule has 15 heavy (non-hydrogen) atoms. The van der Waals surface area contributed by atoms with Crippen molar-refractivity contribution in [3.63, 3.8) is 0 Å². The van der Waals surface area contributed by atoms with Gasteiger partial charge >= 0.3 is 0 Å². The maximum Gasteiger partial charge on any atom is 0.284 e. The molecular weight excluding hydrogens is 196 g/mol. The van der Waals surface area contributed by atoms with Crippen molar-refractivity contribution in [3.8, 4) is 5.75 Å². The molecule has 0 aliphatic heterocycles. The summed E-state index contributed by atoms with van der Waals surface area (Å²) in [5, 5.41) is 12.6. The normalized spacial score (nSPS) is 10.5. The van der Waals surface area contributed by atoms with E-state index in [4.69, 9.17) is 0 Å². The summed E-state index contributed by atoms with van der Waals surface area (Å²) in [6, 6.07) is 6.76. The van der Waals surface area contributed by atoms with Gasteiger partial charge in [0.05, 0.1) is 5.52 Å². The van der Waals surface area contributed by atoms with Crippen LogP contribution >= 0.6 is 0 Å². The van der Waals surface area contributed by atoms with E-state index < -0.39 is 11.2 Å². The maximum atomic E-state index is 11.5. The zero-order chi connectivity index (χ0) is 11.0. The van der Waals surface area contributed by atoms with Gasteiger partial charge in [0, 0.05) is 12.4 Å². The van der Waals surface area contributed by atoms with Crippen molar-refractivity contribution in [2.75, 3.05) is 0 Å². The molecule has 0 unspecified atom stereocenters. The van der Waals surface area contributed by atoms with Gasteiger partial charge in [0.15, 0.2) is 5.75 Å². The molecule has 0 aliphatic carbocycles. The highest BCUT2D eigenvalue weighted by Crippen LogP contribution is 2.30. The van der Waals surface area contributed by atoms with E-state index >= 15 is 0 Å². The fourth-order valence-electron chi connectivity index (χ4n) is 1.55. The number of aromatic hydroxyl groups is 1. The predicted molar refractivity (Wildman–Crippen MR) is 56.3 cm³/mol. The van der Waals surface area contributed by atoms with E-state index in [0.29, 0.717) is 10.9 Å². The molecule has 1 heterocycles. The largest absolute Gasteiger partial charge is 0.505 e. The van der Waals surface area contributed by atoms with Crippen molar-refractivity contribution < 1.29 is 5.11 Å². The quantitative estimate of drug-likeness (QED) is 0.717. The molecule has 0 saturated heterocycles. The molecule has 1 N–H and O–H groups in total. The zero-order valence-corrected chi connectivity index (χ0v) is 7.97. The van der Waals surface area contributed by atoms with E-state index in [-0.39, 0.29) is 5.75 Å². The molecule has 0 spiro atoms. The lowest BCUT2D eigenvalue weighted by molar-refractivity contribution is 0.481. The van der Waals surface area contributed by atoms with E-state index in [1.165, 1.54) is 11.6 Å². The summed E-state index contributed by atoms with van der Waals surface area (Å²) in [6.07, 6.45) is 0. The number of pyridine rings is 1. The Bertz CT molecular complexity index is 601. The highest BCUT2D eigenvalue weighted by Gasteiger charge is 2.14. The highest BCUT2D eigenvalue weighted by molar-refractivity contribution is 5.89. The second kappa shape index (κ2) is 3.20. The highest BCUT2D eigenvalue weighted by atomic mass is 16.3. The molecule has 1 aromatic carbocycles. The van der Waals surface area contributed by atoms with Crippen LogP contribution in [0.2, 0.25) is 0 Å². The molecular formula is C10H8N2O3. The van der Waals surface area contributed by atoms with Crippen LogP contribution in [0.4, 0.5) is 5.69 Å². The lowest BCUT2D eigenvalue weighted by Crippen LogP contribution is -2.16. The summed E-state index contributed by atoms with van der Waals surface area (Å²) in [5.41, 5.74) is -0.482. The molecule has 0 bridgehead atoms. The van der Waals surface area contributed by atoms with Crippen molar-refractivity contribution in [2.45, 2.75) is 0 Å². The Morgan fingerprint density at radius 2 is 2.00 bits per heavy atom. The van der Waals surface area contributed by atoms with E-state index in [9.17, 15) is 14.8 Å². The van der Waals surface area contributed by atoms with Crippen LogP contribution in [0, 0.1) is 4.91 Å². The second-order valence-corrected chi connectivity index (χ2v) is 3.17. The Kier molecular flexibility index (Phi) is 2.00. The summed E-state index contributed by atoms with van der Waals surface area (Å²) in [4.78, 5) is 22.0. The first-order valence-electron chi connectivity index (χ1n) is 4.31. The zero-order valence-electron chi connectivity index (χ0n) is 7.97. The van der Waals surface area contributed by atoms with Gasteiger partial charge in [-0.1, -0.05) is 12.1 Å². The van der Waals surface area contributed by atoms with Crippen LogP contribution in [-0.2, 0) is 7.05 Å². The number of rotatable bonds is 1. The van der Waals surface area contributed by atoms with Crippen LogP contribution in [0.25, 0.3) is 10.9 Å². The van der Waals surface area contributed by atoms with Crippen molar-refractivity contribution in [1.82, 2.24) is 4.57 Å². The molecule has 0 amide bonds. The first-order valence-corrected chi connectivity index (χ1v) is 4.31. The standard InChI is InChI=1S/C10H8N2O3/c1-12-7-5-3-2-4-6(7)9(13)8(11-15)10(12)14/h2-5,13H,1H3. The van der Waals surface area contributed by atoms with E-state index in [0.717, 1.165) is 0 Å². The maximum absolute atomic E-state index is 11.5. The van der Waals surface area contributed by atoms with Gasteiger partial charge in [0.1, 0.15) is 0 Å². The lowest BCUT2D eigenvalue weighted by Gasteiger charge is -2.06. The van der Waals surface area contributed by atoms with Crippen molar-refractivity contribution in [1.29, 1.82) is 0 Å². The van der Waals surface area contributed by atoms with Crippen LogP contribution in [0.1, 0.15) is 0 Å². The lowest BCUT2D eigenvalue weighted by atomic mass is 10.2. The molecule has 76 valence electrons. The monoisotopic (exact) mass is 204 g/mol. The number of hydrogen-bond donors (Lipinski definition) is 1. The molecule has 0 aliphatic rings. The first kappa shape index (κ1) is 9.39. The van der Waals surface area contributed by atoms with Gasteiger partial charge in [0.2, 0.25) is 5.69 Å². The van der Waals surface area contributed by atoms with Crippen molar-refractivity contribution >= 4 is 16.6 Å². The Morgan fingerprint density at radius 1 is 1.33 bits per heavy atom. The van der Waals surface area contributed by atoms with Gasteiger partial charge in [-0.15, -0.1) is 4.91 Å². The van der Waals surface area contributed by atoms with Gasteiger partial charge in [-0.2, -0.15) is 0 Å². The third kappa shape index (κ3) is 1.20. The molecule has 0 saturated carbocycles. The fourth-order valence-corrected chi connectivity index (χ4v) is 1.55. The molecule has 0 radical (unpaired) electrons. The fraction of sp³-hybridized carbons (Fsp3) is 0.100. The van der Waals surface area contributed by atoms with Crippen LogP contribution in [0.5, 0.6) is 5.75 Å². The average Bonchev–Trinajstić information content (AvgIpc) is 2.27. The Labute approximate surface area is 84.6 Å². The third-order valence-corrected chi connectivity index (χ3v) is 2.34. The van der Waals surface area contributed by atoms with E-state index in [1.807, 2.05) is 0 Å². The topological polar surface area (TPSA) is 71.7 Å². The second-order valence-electron chi connectivity index (χ2n) is 3.17. The summed E-state index contributed by atoms with van der Waals surface area (Å²) >= 11 is 0. The van der Waals surface area contributed by atoms with Gasteiger partial charge < -0.3 is 9.67 Å². The summed E-state index contributed by atoms with van der Waals surface area (Å²) in [7, 11) is 1.53. The molecule has 1 aromatic heterocycles. The first-order chi connectivity index (χ1) is 7.16. The summed E-state index contributed by atoms with van der Waals surface area (Å²) in [5.74, 6) is -0.358. The number of aromatic nitrogens is 1. The molecule has 5 heteroatoms. The number of benzene rings is 1. The van der Waals surface area contributed by atoms with Gasteiger partial charge in [-0.05, 0) is 17.3 Å². The smallest absolute Gasteiger partial charge is 0.284 e. The van der Waals surface area contributed by atoms with Gasteiger partial charge in [0.25, 0.3) is 5.56 Å². The van der Waals surface area contributed by atoms with Gasteiger partial charge in [-0.25, -0.2) is 0 Å². The summed E-state index contributed by atoms with van der Waals surface area (Å²) < 4.78 is 1.28. The number of nitroso groups, excluding NO2 is 1. The SMILES string of the molecule is Cn1c(=O)c(N=O)c(O)c2ccccc21. The molecule has 2 aromatic rings. The van der Waals surface area contributed by atoms with Crippen LogP contribution in [0.15, 0.2) is 34.2 Å². The number of nitrogens with zero attached hydrogens (tertiary/aromatic N) is 2. The molecule has 5 nitrogen and oxygen atoms in total. The molecule has 0 atom stereocenters. The molecule has 0 fully saturated rings. The third-order valence-electron chi connectivity index (χ3n) is 2.34. The molecule has 2 rings (SSSR count). The van der Waals surface area contributed by atoms with Crippen LogP contribution < -0.4 is 5.56 Å². The van der Waals surface area contributed by atoms with Gasteiger partial charge in [-0.3, -0.25) is 4.79 Å². The predicted octanol–water partition coefficient (Wildman–Crippen LogP) is 1.64. The van der Waals surface area contributed by atoms with E-state index in [1.54, 1.807) is 24.3 Å². The number of fused-ring (bicyclic) bond motifs is 1. The number of para-hydroxylation sites is 1. The Balaban J connectivity index is 3.09. The Hall–Kier alpha value is -2.17. The minimum absolute atomic E-state index is 0.358. The van der Waals surface area contributed by atoms with Crippen LogP contribution in [-0.4, -0.2) is 9.67 Å². The number of aryl methyl sites for hydroxylation is 1. The van der Waals surface area contributed by atoms with E-state index in [2.05, 4.69) is 5.18 Å². The van der Waals surface area contributed by atoms with Crippen molar-refractivity contribution in [3.05, 3.63) is 39.5 Å². The number of hydrogen-bond acceptors (Lipinski definition) is 4. The average molecular weight is 204 g/mol. The Morgan fingerprint density at radius 3 is 2.67 bits per heavy atom. The van der Waals surface area contributed by atoms with Crippen molar-refractivity contribution in [2.24, 2.45) is 12.2 Å². The minimum Gasteiger partial charge on any atom is -0.505 e. The van der Waals surface area contributed by atoms with Crippen LogP contribution in [0.3, 0.4) is 0 Å².